The van der Waals surface area contributed by atoms with Crippen LogP contribution in [0.5, 0.6) is 0 Å². The molecule has 3 aromatic carbocycles. The van der Waals surface area contributed by atoms with Crippen molar-refractivity contribution in [1.82, 2.24) is 9.88 Å². The molecule has 4 aromatic rings. The largest absolute Gasteiger partial charge is 0.342 e. The van der Waals surface area contributed by atoms with Crippen molar-refractivity contribution in [2.24, 2.45) is 0 Å². The molecule has 1 aliphatic rings. The Balaban J connectivity index is 1.57. The number of benzene rings is 3. The van der Waals surface area contributed by atoms with Crippen LogP contribution in [-0.4, -0.2) is 22.4 Å². The maximum absolute atomic E-state index is 13.3. The van der Waals surface area contributed by atoms with Crippen LogP contribution in [0.2, 0.25) is 5.02 Å². The summed E-state index contributed by atoms with van der Waals surface area (Å²) in [6, 6.07) is 21.2. The number of urea groups is 1. The smallest absolute Gasteiger partial charge is 0.335 e. The van der Waals surface area contributed by atoms with Crippen LogP contribution in [0.3, 0.4) is 0 Å². The van der Waals surface area contributed by atoms with Crippen molar-refractivity contribution < 1.29 is 14.4 Å². The van der Waals surface area contributed by atoms with E-state index in [1.54, 1.807) is 24.3 Å². The van der Waals surface area contributed by atoms with Crippen molar-refractivity contribution in [3.63, 3.8) is 0 Å². The molecule has 5 rings (SSSR count). The number of hydrogen-bond acceptors (Lipinski definition) is 3. The molecular formula is C26H17BrClN3O3. The monoisotopic (exact) mass is 533 g/mol. The second-order valence-corrected chi connectivity index (χ2v) is 9.08. The first-order valence-electron chi connectivity index (χ1n) is 10.4. The van der Waals surface area contributed by atoms with Crippen LogP contribution in [0, 0.1) is 0 Å². The highest BCUT2D eigenvalue weighted by molar-refractivity contribution is 9.10. The lowest BCUT2D eigenvalue weighted by Gasteiger charge is -2.26. The molecule has 1 aromatic heterocycles. The zero-order valence-electron chi connectivity index (χ0n) is 17.7. The van der Waals surface area contributed by atoms with Crippen molar-refractivity contribution in [2.45, 2.75) is 6.54 Å². The van der Waals surface area contributed by atoms with Gasteiger partial charge in [-0.2, -0.15) is 0 Å². The molecule has 1 saturated heterocycles. The highest BCUT2D eigenvalue weighted by Gasteiger charge is 2.37. The molecule has 0 spiro atoms. The van der Waals surface area contributed by atoms with Crippen LogP contribution < -0.4 is 10.2 Å². The van der Waals surface area contributed by atoms with Gasteiger partial charge in [-0.25, -0.2) is 9.69 Å². The van der Waals surface area contributed by atoms with E-state index in [0.29, 0.717) is 22.8 Å². The van der Waals surface area contributed by atoms with Crippen molar-refractivity contribution in [3.8, 4) is 0 Å². The molecule has 6 nitrogen and oxygen atoms in total. The first kappa shape index (κ1) is 22.1. The van der Waals surface area contributed by atoms with Crippen molar-refractivity contribution in [1.29, 1.82) is 0 Å². The number of barbiturate groups is 1. The van der Waals surface area contributed by atoms with Gasteiger partial charge in [-0.15, -0.1) is 0 Å². The Labute approximate surface area is 208 Å². The predicted molar refractivity (Wildman–Crippen MR) is 136 cm³/mol. The number of amides is 4. The summed E-state index contributed by atoms with van der Waals surface area (Å²) in [5, 5.41) is 3.80. The van der Waals surface area contributed by atoms with Crippen LogP contribution in [-0.2, 0) is 16.1 Å². The van der Waals surface area contributed by atoms with Gasteiger partial charge in [-0.3, -0.25) is 14.9 Å². The summed E-state index contributed by atoms with van der Waals surface area (Å²) in [5.74, 6) is -1.41. The average molecular weight is 535 g/mol. The summed E-state index contributed by atoms with van der Waals surface area (Å²) in [7, 11) is 0. The number of aromatic nitrogens is 1. The van der Waals surface area contributed by atoms with E-state index in [1.165, 1.54) is 6.08 Å². The van der Waals surface area contributed by atoms with Crippen LogP contribution in [0.4, 0.5) is 10.5 Å². The Kier molecular flexibility index (Phi) is 5.81. The van der Waals surface area contributed by atoms with Gasteiger partial charge >= 0.3 is 6.03 Å². The lowest BCUT2D eigenvalue weighted by molar-refractivity contribution is -0.122. The molecule has 0 bridgehead atoms. The van der Waals surface area contributed by atoms with Gasteiger partial charge in [-0.1, -0.05) is 63.9 Å². The molecule has 0 saturated carbocycles. The number of rotatable bonds is 4. The molecule has 0 atom stereocenters. The summed E-state index contributed by atoms with van der Waals surface area (Å²) in [5.41, 5.74) is 2.81. The maximum Gasteiger partial charge on any atom is 0.335 e. The molecule has 1 aliphatic heterocycles. The minimum atomic E-state index is -0.782. The van der Waals surface area contributed by atoms with E-state index in [4.69, 9.17) is 11.6 Å². The van der Waals surface area contributed by atoms with E-state index in [9.17, 15) is 14.4 Å². The molecule has 2 heterocycles. The van der Waals surface area contributed by atoms with Crippen LogP contribution in [0.25, 0.3) is 17.0 Å². The third kappa shape index (κ3) is 4.04. The second kappa shape index (κ2) is 8.93. The summed E-state index contributed by atoms with van der Waals surface area (Å²) >= 11 is 9.70. The Morgan fingerprint density at radius 1 is 0.912 bits per heavy atom. The van der Waals surface area contributed by atoms with E-state index in [1.807, 2.05) is 59.3 Å². The minimum absolute atomic E-state index is 0.122. The fourth-order valence-corrected chi connectivity index (χ4v) is 4.43. The molecule has 1 fully saturated rings. The molecule has 34 heavy (non-hydrogen) atoms. The zero-order chi connectivity index (χ0) is 23.8. The van der Waals surface area contributed by atoms with Crippen molar-refractivity contribution >= 4 is 68.0 Å². The lowest BCUT2D eigenvalue weighted by atomic mass is 10.1. The topological polar surface area (TPSA) is 71.4 Å². The van der Waals surface area contributed by atoms with Gasteiger partial charge in [0.05, 0.1) is 5.69 Å². The summed E-state index contributed by atoms with van der Waals surface area (Å²) in [4.78, 5) is 39.3. The Morgan fingerprint density at radius 2 is 1.62 bits per heavy atom. The highest BCUT2D eigenvalue weighted by Crippen LogP contribution is 2.28. The molecular weight excluding hydrogens is 518 g/mol. The van der Waals surface area contributed by atoms with Crippen LogP contribution in [0.1, 0.15) is 11.1 Å². The van der Waals surface area contributed by atoms with Gasteiger partial charge in [-0.05, 0) is 48.0 Å². The van der Waals surface area contributed by atoms with Gasteiger partial charge in [0.15, 0.2) is 0 Å². The molecule has 0 aliphatic carbocycles. The molecule has 168 valence electrons. The number of imide groups is 2. The number of halogens is 2. The summed E-state index contributed by atoms with van der Waals surface area (Å²) < 4.78 is 2.82. The molecule has 8 heteroatoms. The second-order valence-electron chi connectivity index (χ2n) is 7.76. The number of para-hydroxylation sites is 1. The van der Waals surface area contributed by atoms with Gasteiger partial charge in [0.25, 0.3) is 11.8 Å². The third-order valence-electron chi connectivity index (χ3n) is 5.60. The van der Waals surface area contributed by atoms with Gasteiger partial charge in [0.2, 0.25) is 0 Å². The lowest BCUT2D eigenvalue weighted by Crippen LogP contribution is -2.54. The molecule has 4 amide bonds. The standard InChI is InChI=1S/C26H17BrClN3O3/c27-18-9-11-19(12-10-18)31-25(33)21(24(32)29-26(31)34)13-17-15-30(23-8-4-2-6-20(17)23)14-16-5-1-3-7-22(16)28/h1-13,15H,14H2,(H,29,32,34)/b21-13+. The van der Waals surface area contributed by atoms with Crippen molar-refractivity contribution in [3.05, 3.63) is 105 Å². The van der Waals surface area contributed by atoms with E-state index in [2.05, 4.69) is 21.2 Å². The Bertz CT molecular complexity index is 1490. The number of carbonyl (C=O) groups excluding carboxylic acids is 3. The fourth-order valence-electron chi connectivity index (χ4n) is 3.97. The zero-order valence-corrected chi connectivity index (χ0v) is 20.0. The Morgan fingerprint density at radius 3 is 2.38 bits per heavy atom. The minimum Gasteiger partial charge on any atom is -0.342 e. The normalized spacial score (nSPS) is 15.3. The number of anilines is 1. The molecule has 0 unspecified atom stereocenters. The molecule has 0 radical (unpaired) electrons. The molecule has 1 N–H and O–H groups in total. The van der Waals surface area contributed by atoms with E-state index < -0.39 is 17.8 Å². The highest BCUT2D eigenvalue weighted by atomic mass is 79.9. The van der Waals surface area contributed by atoms with Crippen LogP contribution >= 0.6 is 27.5 Å². The number of hydrogen-bond donors (Lipinski definition) is 1. The number of carbonyl (C=O) groups is 3. The van der Waals surface area contributed by atoms with E-state index in [-0.39, 0.29) is 5.57 Å². The third-order valence-corrected chi connectivity index (χ3v) is 6.50. The summed E-state index contributed by atoms with van der Waals surface area (Å²) in [6.07, 6.45) is 3.41. The Hall–Kier alpha value is -3.68. The average Bonchev–Trinajstić information content (AvgIpc) is 3.16. The maximum atomic E-state index is 13.3. The van der Waals surface area contributed by atoms with Crippen LogP contribution in [0.15, 0.2) is 89.0 Å². The fraction of sp³-hybridized carbons (Fsp3) is 0.0385. The number of nitrogens with one attached hydrogen (secondary N) is 1. The first-order chi connectivity index (χ1) is 16.4. The quantitative estimate of drug-likeness (QED) is 0.267. The summed E-state index contributed by atoms with van der Waals surface area (Å²) in [6.45, 7) is 0.521. The first-order valence-corrected chi connectivity index (χ1v) is 11.6. The number of fused-ring (bicyclic) bond motifs is 1. The van der Waals surface area contributed by atoms with Gasteiger partial charge in [0.1, 0.15) is 5.57 Å². The predicted octanol–water partition coefficient (Wildman–Crippen LogP) is 5.77. The SMILES string of the molecule is O=C1NC(=O)N(c2ccc(Br)cc2)C(=O)/C1=C/c1cn(Cc2ccccc2Cl)c2ccccc12. The van der Waals surface area contributed by atoms with Gasteiger partial charge < -0.3 is 4.57 Å². The van der Waals surface area contributed by atoms with Crippen molar-refractivity contribution in [2.75, 3.05) is 4.90 Å². The van der Waals surface area contributed by atoms with E-state index >= 15 is 0 Å². The number of nitrogens with zero attached hydrogens (tertiary/aromatic N) is 2. The van der Waals surface area contributed by atoms with E-state index in [0.717, 1.165) is 25.8 Å². The van der Waals surface area contributed by atoms with Gasteiger partial charge in [0, 0.05) is 38.7 Å².